The van der Waals surface area contributed by atoms with Crippen molar-refractivity contribution in [1.29, 1.82) is 5.26 Å². The summed E-state index contributed by atoms with van der Waals surface area (Å²) in [7, 11) is -2.09. The average molecular weight is 339 g/mol. The predicted molar refractivity (Wildman–Crippen MR) is 81.5 cm³/mol. The van der Waals surface area contributed by atoms with Crippen molar-refractivity contribution in [3.63, 3.8) is 0 Å². The Hall–Kier alpha value is -2.31. The molecule has 0 radical (unpaired) electrons. The molecule has 0 saturated heterocycles. The van der Waals surface area contributed by atoms with Gasteiger partial charge >= 0.3 is 0 Å². The van der Waals surface area contributed by atoms with Crippen molar-refractivity contribution in [2.45, 2.75) is 6.42 Å². The highest BCUT2D eigenvalue weighted by atomic mass is 32.2. The topological polar surface area (TPSA) is 109 Å². The highest BCUT2D eigenvalue weighted by Crippen LogP contribution is 2.32. The first-order valence-corrected chi connectivity index (χ1v) is 8.54. The molecule has 1 aliphatic heterocycles. The zero-order chi connectivity index (χ0) is 16.9. The summed E-state index contributed by atoms with van der Waals surface area (Å²) in [5, 5.41) is 11.0. The second-order valence-corrected chi connectivity index (χ2v) is 7.07. The van der Waals surface area contributed by atoms with Crippen molar-refractivity contribution in [2.75, 3.05) is 32.7 Å². The molecule has 23 heavy (non-hydrogen) atoms. The van der Waals surface area contributed by atoms with Crippen molar-refractivity contribution >= 4 is 15.9 Å². The van der Waals surface area contributed by atoms with Gasteiger partial charge in [0.15, 0.2) is 11.5 Å². The zero-order valence-corrected chi connectivity index (χ0v) is 13.4. The van der Waals surface area contributed by atoms with E-state index in [1.165, 1.54) is 7.05 Å². The number of nitriles is 1. The molecule has 0 aliphatic carbocycles. The normalized spacial score (nSPS) is 12.9. The fraction of sp³-hybridized carbons (Fsp3) is 0.429. The van der Waals surface area contributed by atoms with Gasteiger partial charge in [-0.3, -0.25) is 4.79 Å². The smallest absolute Gasteiger partial charge is 0.251 e. The largest absolute Gasteiger partial charge is 0.454 e. The third-order valence-electron chi connectivity index (χ3n) is 3.29. The highest BCUT2D eigenvalue weighted by molar-refractivity contribution is 7.89. The summed E-state index contributed by atoms with van der Waals surface area (Å²) in [4.78, 5) is 12.0. The second kappa shape index (κ2) is 7.30. The minimum atomic E-state index is -3.50. The van der Waals surface area contributed by atoms with Crippen LogP contribution in [0.4, 0.5) is 0 Å². The Bertz CT molecular complexity index is 726. The molecular weight excluding hydrogens is 322 g/mol. The van der Waals surface area contributed by atoms with Gasteiger partial charge in [-0.05, 0) is 18.2 Å². The molecule has 0 bridgehead atoms. The highest BCUT2D eigenvalue weighted by Gasteiger charge is 2.19. The number of hydrogen-bond acceptors (Lipinski definition) is 6. The van der Waals surface area contributed by atoms with Gasteiger partial charge in [0, 0.05) is 32.1 Å². The van der Waals surface area contributed by atoms with Crippen LogP contribution in [0, 0.1) is 11.3 Å². The lowest BCUT2D eigenvalue weighted by molar-refractivity contribution is 0.0955. The number of carbonyl (C=O) groups is 1. The standard InChI is InChI=1S/C14H17N3O5S/c1-17(7-2-5-15)23(19,20)8-6-16-14(18)11-3-4-12-13(9-11)22-10-21-12/h3-4,9H,2,6-8,10H2,1H3,(H,16,18). The van der Waals surface area contributed by atoms with Gasteiger partial charge in [0.1, 0.15) is 0 Å². The van der Waals surface area contributed by atoms with E-state index in [0.717, 1.165) is 4.31 Å². The number of carbonyl (C=O) groups excluding carboxylic acids is 1. The first-order valence-electron chi connectivity index (χ1n) is 6.93. The molecule has 1 N–H and O–H groups in total. The first kappa shape index (κ1) is 17.1. The van der Waals surface area contributed by atoms with Crippen LogP contribution in [0.3, 0.4) is 0 Å². The van der Waals surface area contributed by atoms with E-state index in [1.807, 2.05) is 6.07 Å². The number of ether oxygens (including phenoxy) is 2. The van der Waals surface area contributed by atoms with Crippen molar-refractivity contribution in [3.05, 3.63) is 23.8 Å². The average Bonchev–Trinajstić information content (AvgIpc) is 2.99. The molecule has 9 heteroatoms. The molecule has 1 aliphatic rings. The van der Waals surface area contributed by atoms with Gasteiger partial charge in [0.2, 0.25) is 16.8 Å². The Morgan fingerprint density at radius 2 is 2.13 bits per heavy atom. The quantitative estimate of drug-likeness (QED) is 0.766. The molecule has 1 aromatic rings. The van der Waals surface area contributed by atoms with E-state index >= 15 is 0 Å². The maximum Gasteiger partial charge on any atom is 0.251 e. The number of hydrogen-bond donors (Lipinski definition) is 1. The number of nitrogens with one attached hydrogen (secondary N) is 1. The number of fused-ring (bicyclic) bond motifs is 1. The van der Waals surface area contributed by atoms with E-state index in [2.05, 4.69) is 5.32 Å². The van der Waals surface area contributed by atoms with E-state index in [-0.39, 0.29) is 32.1 Å². The monoisotopic (exact) mass is 339 g/mol. The molecule has 2 rings (SSSR count). The van der Waals surface area contributed by atoms with Crippen LogP contribution in [0.1, 0.15) is 16.8 Å². The van der Waals surface area contributed by atoms with E-state index in [9.17, 15) is 13.2 Å². The maximum atomic E-state index is 12.0. The number of nitrogens with zero attached hydrogens (tertiary/aromatic N) is 2. The minimum absolute atomic E-state index is 0.0213. The van der Waals surface area contributed by atoms with E-state index in [0.29, 0.717) is 17.1 Å². The van der Waals surface area contributed by atoms with Crippen molar-refractivity contribution < 1.29 is 22.7 Å². The third-order valence-corrected chi connectivity index (χ3v) is 5.15. The summed E-state index contributed by atoms with van der Waals surface area (Å²) in [5.74, 6) is 0.438. The summed E-state index contributed by atoms with van der Waals surface area (Å²) < 4.78 is 35.3. The Morgan fingerprint density at radius 3 is 2.87 bits per heavy atom. The molecule has 8 nitrogen and oxygen atoms in total. The van der Waals surface area contributed by atoms with Gasteiger partial charge in [-0.1, -0.05) is 0 Å². The summed E-state index contributed by atoms with van der Waals surface area (Å²) >= 11 is 0. The number of amides is 1. The Balaban J connectivity index is 1.86. The molecule has 1 aromatic carbocycles. The van der Waals surface area contributed by atoms with Crippen molar-refractivity contribution in [1.82, 2.24) is 9.62 Å². The fourth-order valence-corrected chi connectivity index (χ4v) is 2.98. The van der Waals surface area contributed by atoms with Crippen LogP contribution in [-0.4, -0.2) is 51.3 Å². The van der Waals surface area contributed by atoms with Gasteiger partial charge in [-0.2, -0.15) is 5.26 Å². The van der Waals surface area contributed by atoms with Crippen LogP contribution in [0.25, 0.3) is 0 Å². The number of sulfonamides is 1. The van der Waals surface area contributed by atoms with Gasteiger partial charge in [-0.15, -0.1) is 0 Å². The molecule has 0 atom stereocenters. The zero-order valence-electron chi connectivity index (χ0n) is 12.6. The Labute approximate surface area is 134 Å². The molecule has 0 unspecified atom stereocenters. The number of benzene rings is 1. The van der Waals surface area contributed by atoms with Gasteiger partial charge < -0.3 is 14.8 Å². The molecule has 0 spiro atoms. The molecular formula is C14H17N3O5S. The summed E-state index contributed by atoms with van der Waals surface area (Å²) in [5.41, 5.74) is 0.365. The molecule has 1 heterocycles. The van der Waals surface area contributed by atoms with Gasteiger partial charge in [0.05, 0.1) is 11.8 Å². The number of rotatable bonds is 7. The fourth-order valence-electron chi connectivity index (χ4n) is 1.94. The third kappa shape index (κ3) is 4.34. The molecule has 0 aromatic heterocycles. The first-order chi connectivity index (χ1) is 10.9. The van der Waals surface area contributed by atoms with Gasteiger partial charge in [-0.25, -0.2) is 12.7 Å². The summed E-state index contributed by atoms with van der Waals surface area (Å²) in [6.07, 6.45) is 0.124. The van der Waals surface area contributed by atoms with Gasteiger partial charge in [0.25, 0.3) is 5.91 Å². The van der Waals surface area contributed by atoms with E-state index in [4.69, 9.17) is 14.7 Å². The van der Waals surface area contributed by atoms with E-state index < -0.39 is 15.9 Å². The lowest BCUT2D eigenvalue weighted by Gasteiger charge is -2.15. The van der Waals surface area contributed by atoms with Crippen LogP contribution < -0.4 is 14.8 Å². The van der Waals surface area contributed by atoms with Crippen LogP contribution in [0.15, 0.2) is 18.2 Å². The van der Waals surface area contributed by atoms with E-state index in [1.54, 1.807) is 18.2 Å². The van der Waals surface area contributed by atoms with Crippen molar-refractivity contribution in [2.24, 2.45) is 0 Å². The van der Waals surface area contributed by atoms with Crippen LogP contribution in [0.2, 0.25) is 0 Å². The van der Waals surface area contributed by atoms with Crippen LogP contribution >= 0.6 is 0 Å². The minimum Gasteiger partial charge on any atom is -0.454 e. The molecule has 1 amide bonds. The molecule has 0 saturated carbocycles. The summed E-state index contributed by atoms with van der Waals surface area (Å²) in [6, 6.07) is 6.64. The molecule has 0 fully saturated rings. The summed E-state index contributed by atoms with van der Waals surface area (Å²) in [6.45, 7) is 0.231. The SMILES string of the molecule is CN(CCC#N)S(=O)(=O)CCNC(=O)c1ccc2c(c1)OCO2. The van der Waals surface area contributed by atoms with Crippen molar-refractivity contribution in [3.8, 4) is 17.6 Å². The van der Waals surface area contributed by atoms with Crippen LogP contribution in [-0.2, 0) is 10.0 Å². The lowest BCUT2D eigenvalue weighted by Crippen LogP contribution is -2.36. The lowest BCUT2D eigenvalue weighted by atomic mass is 10.2. The maximum absolute atomic E-state index is 12.0. The molecule has 124 valence electrons. The Morgan fingerprint density at radius 1 is 1.39 bits per heavy atom. The predicted octanol–water partition coefficient (Wildman–Crippen LogP) is 0.320. The van der Waals surface area contributed by atoms with Crippen LogP contribution in [0.5, 0.6) is 11.5 Å². The Kier molecular flexibility index (Phi) is 5.41. The second-order valence-electron chi connectivity index (χ2n) is 4.87.